The number of ether oxygens (including phenoxy) is 1. The number of benzene rings is 1. The van der Waals surface area contributed by atoms with E-state index < -0.39 is 0 Å². The van der Waals surface area contributed by atoms with Crippen molar-refractivity contribution in [2.75, 3.05) is 6.54 Å². The van der Waals surface area contributed by atoms with E-state index in [4.69, 9.17) is 9.73 Å². The van der Waals surface area contributed by atoms with Crippen molar-refractivity contribution in [1.29, 1.82) is 0 Å². The Hall–Kier alpha value is -1.71. The van der Waals surface area contributed by atoms with Gasteiger partial charge in [-0.05, 0) is 45.6 Å². The van der Waals surface area contributed by atoms with Crippen LogP contribution in [0.25, 0.3) is 0 Å². The molecule has 122 valence electrons. The quantitative estimate of drug-likeness (QED) is 0.599. The van der Waals surface area contributed by atoms with E-state index in [1.54, 1.807) is 0 Å². The normalized spacial score (nSPS) is 16.8. The topological polar surface area (TPSA) is 45.7 Å². The van der Waals surface area contributed by atoms with Crippen LogP contribution in [0.4, 0.5) is 0 Å². The minimum atomic E-state index is 0.400. The maximum atomic E-state index is 6.07. The second-order valence-corrected chi connectivity index (χ2v) is 5.93. The van der Waals surface area contributed by atoms with Gasteiger partial charge in [0.25, 0.3) is 0 Å². The van der Waals surface area contributed by atoms with Gasteiger partial charge in [0.1, 0.15) is 5.75 Å². The van der Waals surface area contributed by atoms with E-state index >= 15 is 0 Å². The molecule has 1 saturated carbocycles. The molecule has 0 spiro atoms. The minimum Gasteiger partial charge on any atom is -0.490 e. The first-order chi connectivity index (χ1) is 10.7. The summed E-state index contributed by atoms with van der Waals surface area (Å²) in [5.41, 5.74) is 1.15. The monoisotopic (exact) mass is 303 g/mol. The fraction of sp³-hybridized carbons (Fsp3) is 0.611. The fourth-order valence-corrected chi connectivity index (χ4v) is 2.24. The summed E-state index contributed by atoms with van der Waals surface area (Å²) in [7, 11) is 0. The summed E-state index contributed by atoms with van der Waals surface area (Å²) in [6.45, 7) is 7.92. The molecule has 0 aliphatic heterocycles. The highest BCUT2D eigenvalue weighted by Gasteiger charge is 2.20. The molecule has 4 nitrogen and oxygen atoms in total. The molecular formula is C18H29N3O. The van der Waals surface area contributed by atoms with Crippen LogP contribution >= 0.6 is 0 Å². The fourth-order valence-electron chi connectivity index (χ4n) is 2.24. The lowest BCUT2D eigenvalue weighted by molar-refractivity contribution is 0.119. The lowest BCUT2D eigenvalue weighted by atomic mass is 9.96. The molecule has 1 aliphatic rings. The molecule has 22 heavy (non-hydrogen) atoms. The largest absolute Gasteiger partial charge is 0.490 e. The average molecular weight is 303 g/mol. The first kappa shape index (κ1) is 16.7. The van der Waals surface area contributed by atoms with Gasteiger partial charge < -0.3 is 15.4 Å². The molecule has 4 heteroatoms. The molecular weight excluding hydrogens is 274 g/mol. The highest BCUT2D eigenvalue weighted by atomic mass is 16.5. The van der Waals surface area contributed by atoms with Crippen LogP contribution in [0, 0.1) is 0 Å². The highest BCUT2D eigenvalue weighted by Crippen LogP contribution is 2.27. The smallest absolute Gasteiger partial charge is 0.191 e. The molecule has 1 aliphatic carbocycles. The van der Waals surface area contributed by atoms with Gasteiger partial charge in [-0.15, -0.1) is 0 Å². The molecule has 0 amide bonds. The summed E-state index contributed by atoms with van der Waals surface area (Å²) >= 11 is 0. The van der Waals surface area contributed by atoms with Gasteiger partial charge in [-0.2, -0.15) is 0 Å². The second-order valence-electron chi connectivity index (χ2n) is 5.93. The van der Waals surface area contributed by atoms with E-state index in [0.717, 1.165) is 30.2 Å². The second kappa shape index (κ2) is 8.66. The highest BCUT2D eigenvalue weighted by molar-refractivity contribution is 5.80. The van der Waals surface area contributed by atoms with Crippen molar-refractivity contribution in [2.45, 2.75) is 65.1 Å². The summed E-state index contributed by atoms with van der Waals surface area (Å²) in [5, 5.41) is 6.72. The Morgan fingerprint density at radius 3 is 2.73 bits per heavy atom. The van der Waals surface area contributed by atoms with Crippen LogP contribution in [0.5, 0.6) is 5.75 Å². The van der Waals surface area contributed by atoms with E-state index in [2.05, 4.69) is 43.5 Å². The van der Waals surface area contributed by atoms with Crippen molar-refractivity contribution in [3.05, 3.63) is 29.8 Å². The van der Waals surface area contributed by atoms with Gasteiger partial charge in [0, 0.05) is 18.2 Å². The molecule has 0 heterocycles. The SMILES string of the molecule is CCNC(=NCc1ccccc1OC1CCC1)NC(C)CC. The van der Waals surface area contributed by atoms with Crippen LogP contribution in [0.15, 0.2) is 29.3 Å². The summed E-state index contributed by atoms with van der Waals surface area (Å²) < 4.78 is 6.07. The number of nitrogens with zero attached hydrogens (tertiary/aromatic N) is 1. The third-order valence-corrected chi connectivity index (χ3v) is 4.07. The predicted molar refractivity (Wildman–Crippen MR) is 92.4 cm³/mol. The van der Waals surface area contributed by atoms with E-state index in [1.807, 2.05) is 12.1 Å². The number of aliphatic imine (C=N–C) groups is 1. The van der Waals surface area contributed by atoms with Crippen LogP contribution in [0.3, 0.4) is 0 Å². The Morgan fingerprint density at radius 2 is 2.09 bits per heavy atom. The first-order valence-corrected chi connectivity index (χ1v) is 8.52. The van der Waals surface area contributed by atoms with Gasteiger partial charge in [0.15, 0.2) is 5.96 Å². The van der Waals surface area contributed by atoms with Crippen LogP contribution in [0.2, 0.25) is 0 Å². The average Bonchev–Trinajstić information content (AvgIpc) is 2.49. The zero-order valence-corrected chi connectivity index (χ0v) is 14.1. The maximum absolute atomic E-state index is 6.07. The van der Waals surface area contributed by atoms with E-state index in [9.17, 15) is 0 Å². The number of nitrogens with one attached hydrogen (secondary N) is 2. The van der Waals surface area contributed by atoms with E-state index in [0.29, 0.717) is 18.7 Å². The van der Waals surface area contributed by atoms with Crippen LogP contribution < -0.4 is 15.4 Å². The number of rotatable bonds is 7. The Labute approximate surface area is 134 Å². The predicted octanol–water partition coefficient (Wildman–Crippen LogP) is 3.47. The summed E-state index contributed by atoms with van der Waals surface area (Å²) in [4.78, 5) is 4.70. The van der Waals surface area contributed by atoms with Gasteiger partial charge in [-0.25, -0.2) is 4.99 Å². The Balaban J connectivity index is 2.02. The molecule has 2 rings (SSSR count). The van der Waals surface area contributed by atoms with Gasteiger partial charge >= 0.3 is 0 Å². The van der Waals surface area contributed by atoms with Gasteiger partial charge in [-0.1, -0.05) is 25.1 Å². The lowest BCUT2D eigenvalue weighted by Crippen LogP contribution is -2.41. The molecule has 0 radical (unpaired) electrons. The molecule has 0 saturated heterocycles. The van der Waals surface area contributed by atoms with Crippen molar-refractivity contribution < 1.29 is 4.74 Å². The van der Waals surface area contributed by atoms with E-state index in [1.165, 1.54) is 19.3 Å². The molecule has 1 aromatic rings. The van der Waals surface area contributed by atoms with Crippen molar-refractivity contribution >= 4 is 5.96 Å². The van der Waals surface area contributed by atoms with Crippen LogP contribution in [-0.4, -0.2) is 24.7 Å². The molecule has 1 atom stereocenters. The molecule has 1 aromatic carbocycles. The van der Waals surface area contributed by atoms with E-state index in [-0.39, 0.29) is 0 Å². The van der Waals surface area contributed by atoms with Crippen molar-refractivity contribution in [1.82, 2.24) is 10.6 Å². The Morgan fingerprint density at radius 1 is 1.32 bits per heavy atom. The third kappa shape index (κ3) is 4.93. The summed E-state index contributed by atoms with van der Waals surface area (Å²) in [6.07, 6.45) is 5.11. The summed E-state index contributed by atoms with van der Waals surface area (Å²) in [5.74, 6) is 1.85. The number of guanidine groups is 1. The van der Waals surface area contributed by atoms with Gasteiger partial charge in [0.2, 0.25) is 0 Å². The zero-order valence-electron chi connectivity index (χ0n) is 14.1. The number of hydrogen-bond donors (Lipinski definition) is 2. The molecule has 0 bridgehead atoms. The maximum Gasteiger partial charge on any atom is 0.191 e. The standard InChI is InChI=1S/C18H29N3O/c1-4-14(3)21-18(19-5-2)20-13-15-9-6-7-12-17(15)22-16-10-8-11-16/h6-7,9,12,14,16H,4-5,8,10-11,13H2,1-3H3,(H2,19,20,21). The van der Waals surface area contributed by atoms with Crippen molar-refractivity contribution in [2.24, 2.45) is 4.99 Å². The molecule has 1 unspecified atom stereocenters. The van der Waals surface area contributed by atoms with Gasteiger partial charge in [-0.3, -0.25) is 0 Å². The molecule has 1 fully saturated rings. The Bertz CT molecular complexity index is 483. The van der Waals surface area contributed by atoms with Crippen LogP contribution in [0.1, 0.15) is 52.0 Å². The lowest BCUT2D eigenvalue weighted by Gasteiger charge is -2.27. The first-order valence-electron chi connectivity index (χ1n) is 8.52. The Kier molecular flexibility index (Phi) is 6.56. The van der Waals surface area contributed by atoms with Crippen molar-refractivity contribution in [3.63, 3.8) is 0 Å². The number of hydrogen-bond acceptors (Lipinski definition) is 2. The molecule has 0 aromatic heterocycles. The van der Waals surface area contributed by atoms with Gasteiger partial charge in [0.05, 0.1) is 12.6 Å². The number of para-hydroxylation sites is 1. The molecule has 2 N–H and O–H groups in total. The van der Waals surface area contributed by atoms with Crippen LogP contribution in [-0.2, 0) is 6.54 Å². The third-order valence-electron chi connectivity index (χ3n) is 4.07. The zero-order chi connectivity index (χ0) is 15.8. The minimum absolute atomic E-state index is 0.400. The van der Waals surface area contributed by atoms with Crippen molar-refractivity contribution in [3.8, 4) is 5.75 Å². The summed E-state index contributed by atoms with van der Waals surface area (Å²) in [6, 6.07) is 8.65.